The summed E-state index contributed by atoms with van der Waals surface area (Å²) < 4.78 is 0. The van der Waals surface area contributed by atoms with Crippen LogP contribution in [-0.2, 0) is 4.79 Å². The predicted octanol–water partition coefficient (Wildman–Crippen LogP) is 2.92. The Balaban J connectivity index is 1.97. The minimum atomic E-state index is -0.601. The number of hydrogen-bond acceptors (Lipinski definition) is 3. The number of nitrogens with one attached hydrogen (secondary N) is 1. The van der Waals surface area contributed by atoms with E-state index in [2.05, 4.69) is 24.1 Å². The van der Waals surface area contributed by atoms with Crippen molar-refractivity contribution in [3.63, 3.8) is 0 Å². The van der Waals surface area contributed by atoms with Gasteiger partial charge in [-0.05, 0) is 30.9 Å². The van der Waals surface area contributed by atoms with Crippen LogP contribution in [0.3, 0.4) is 0 Å². The van der Waals surface area contributed by atoms with Crippen molar-refractivity contribution in [1.29, 1.82) is 0 Å². The molecule has 4 nitrogen and oxygen atoms in total. The van der Waals surface area contributed by atoms with Gasteiger partial charge in [0.05, 0.1) is 10.7 Å². The fourth-order valence-corrected chi connectivity index (χ4v) is 3.02. The molecular weight excluding hydrogens is 274 g/mol. The fraction of sp³-hybridized carbons (Fsp3) is 0.533. The van der Waals surface area contributed by atoms with E-state index in [9.17, 15) is 4.79 Å². The first-order valence-electron chi connectivity index (χ1n) is 7.14. The van der Waals surface area contributed by atoms with Gasteiger partial charge in [0, 0.05) is 23.8 Å². The summed E-state index contributed by atoms with van der Waals surface area (Å²) in [6.07, 6.45) is 2.43. The van der Waals surface area contributed by atoms with Gasteiger partial charge in [0.2, 0.25) is 5.91 Å². The van der Waals surface area contributed by atoms with Crippen LogP contribution in [0.5, 0.6) is 0 Å². The first-order chi connectivity index (χ1) is 9.47. The Bertz CT molecular complexity index is 554. The van der Waals surface area contributed by atoms with E-state index in [4.69, 9.17) is 17.3 Å². The number of rotatable bonds is 4. The van der Waals surface area contributed by atoms with Crippen molar-refractivity contribution in [3.05, 3.63) is 22.7 Å². The maximum absolute atomic E-state index is 11.7. The van der Waals surface area contributed by atoms with Crippen LogP contribution < -0.4 is 16.0 Å². The second kappa shape index (κ2) is 4.93. The van der Waals surface area contributed by atoms with Crippen LogP contribution in [0, 0.1) is 5.92 Å². The van der Waals surface area contributed by atoms with Crippen LogP contribution in [0.15, 0.2) is 12.1 Å². The Hall–Kier alpha value is -1.26. The average Bonchev–Trinajstić information content (AvgIpc) is 3.17. The summed E-state index contributed by atoms with van der Waals surface area (Å²) in [5, 5.41) is 3.52. The summed E-state index contributed by atoms with van der Waals surface area (Å²) in [7, 11) is 0. The molecule has 1 aromatic rings. The Labute approximate surface area is 124 Å². The number of nitrogens with two attached hydrogens (primary N) is 1. The molecule has 1 unspecified atom stereocenters. The molecule has 1 aliphatic carbocycles. The van der Waals surface area contributed by atoms with Crippen molar-refractivity contribution >= 4 is 28.9 Å². The smallest absolute Gasteiger partial charge is 0.245 e. The summed E-state index contributed by atoms with van der Waals surface area (Å²) in [6.45, 7) is 5.38. The molecule has 1 atom stereocenters. The first kappa shape index (κ1) is 13.7. The van der Waals surface area contributed by atoms with Gasteiger partial charge in [-0.2, -0.15) is 0 Å². The van der Waals surface area contributed by atoms with Gasteiger partial charge < -0.3 is 16.0 Å². The molecule has 2 aliphatic rings. The van der Waals surface area contributed by atoms with Gasteiger partial charge in [0.15, 0.2) is 0 Å². The van der Waals surface area contributed by atoms with E-state index in [1.54, 1.807) is 0 Å². The van der Waals surface area contributed by atoms with E-state index in [-0.39, 0.29) is 5.91 Å². The molecule has 108 valence electrons. The van der Waals surface area contributed by atoms with Crippen LogP contribution in [-0.4, -0.2) is 18.5 Å². The van der Waals surface area contributed by atoms with Gasteiger partial charge in [0.25, 0.3) is 0 Å². The number of carbonyl (C=O) groups excluding carboxylic acids is 1. The van der Waals surface area contributed by atoms with E-state index >= 15 is 0 Å². The molecule has 5 heteroatoms. The minimum absolute atomic E-state index is 0.157. The predicted molar refractivity (Wildman–Crippen MR) is 82.2 cm³/mol. The van der Waals surface area contributed by atoms with Gasteiger partial charge in [-0.25, -0.2) is 0 Å². The van der Waals surface area contributed by atoms with Crippen molar-refractivity contribution in [2.24, 2.45) is 11.7 Å². The molecule has 0 spiro atoms. The van der Waals surface area contributed by atoms with Gasteiger partial charge in [-0.15, -0.1) is 0 Å². The number of anilines is 2. The van der Waals surface area contributed by atoms with Crippen LogP contribution in [0.4, 0.5) is 11.4 Å². The van der Waals surface area contributed by atoms with Gasteiger partial charge in [0.1, 0.15) is 6.04 Å². The van der Waals surface area contributed by atoms with Gasteiger partial charge in [-0.3, -0.25) is 4.79 Å². The summed E-state index contributed by atoms with van der Waals surface area (Å²) >= 11 is 6.43. The normalized spacial score (nSPS) is 21.1. The summed E-state index contributed by atoms with van der Waals surface area (Å²) in [5.41, 5.74) is 8.46. The van der Waals surface area contributed by atoms with Gasteiger partial charge >= 0.3 is 0 Å². The number of hydrogen-bond donors (Lipinski definition) is 2. The maximum atomic E-state index is 11.7. The molecule has 20 heavy (non-hydrogen) atoms. The lowest BCUT2D eigenvalue weighted by atomic mass is 10.1. The number of halogens is 1. The van der Waals surface area contributed by atoms with Crippen LogP contribution in [0.2, 0.25) is 5.02 Å². The molecule has 0 aromatic heterocycles. The van der Waals surface area contributed by atoms with Crippen molar-refractivity contribution in [2.75, 3.05) is 16.8 Å². The highest BCUT2D eigenvalue weighted by Gasteiger charge is 2.33. The Kier molecular flexibility index (Phi) is 3.38. The highest BCUT2D eigenvalue weighted by molar-refractivity contribution is 6.33. The Morgan fingerprint density at radius 2 is 2.15 bits per heavy atom. The molecular formula is C15H20ClN3O. The second-order valence-corrected chi connectivity index (χ2v) is 6.54. The molecule has 0 radical (unpaired) electrons. The highest BCUT2D eigenvalue weighted by atomic mass is 35.5. The topological polar surface area (TPSA) is 58.4 Å². The summed E-state index contributed by atoms with van der Waals surface area (Å²) in [6, 6.07) is 3.79. The van der Waals surface area contributed by atoms with E-state index in [0.717, 1.165) is 23.5 Å². The lowest BCUT2D eigenvalue weighted by Gasteiger charge is -2.28. The zero-order chi connectivity index (χ0) is 14.4. The molecule has 1 aromatic carbocycles. The third-order valence-corrected chi connectivity index (χ3v) is 4.16. The molecule has 1 saturated carbocycles. The molecule has 1 fully saturated rings. The van der Waals surface area contributed by atoms with E-state index in [0.29, 0.717) is 17.0 Å². The zero-order valence-corrected chi connectivity index (χ0v) is 12.6. The highest BCUT2D eigenvalue weighted by Crippen LogP contribution is 2.41. The quantitative estimate of drug-likeness (QED) is 0.897. The molecule has 1 amide bonds. The Morgan fingerprint density at radius 3 is 2.75 bits per heavy atom. The summed E-state index contributed by atoms with van der Waals surface area (Å²) in [5.74, 6) is 0.409. The molecule has 0 saturated heterocycles. The first-order valence-corrected chi connectivity index (χ1v) is 7.51. The standard InChI is InChI=1S/C15H20ClN3O/c1-8(2)7-19(9-3-4-9)13-6-12-10(5-11(13)16)14(17)15(20)18-12/h5-6,8-9,14H,3-4,7,17H2,1-2H3,(H,18,20). The zero-order valence-electron chi connectivity index (χ0n) is 11.8. The third-order valence-electron chi connectivity index (χ3n) is 3.85. The number of nitrogens with zero attached hydrogens (tertiary/aromatic N) is 1. The SMILES string of the molecule is CC(C)CN(c1cc2c(cc1Cl)C(N)C(=O)N2)C1CC1. The van der Waals surface area contributed by atoms with E-state index in [1.165, 1.54) is 12.8 Å². The molecule has 1 aliphatic heterocycles. The summed E-state index contributed by atoms with van der Waals surface area (Å²) in [4.78, 5) is 14.0. The van der Waals surface area contributed by atoms with Crippen LogP contribution in [0.25, 0.3) is 0 Å². The van der Waals surface area contributed by atoms with Crippen LogP contribution in [0.1, 0.15) is 38.3 Å². The number of amides is 1. The molecule has 0 bridgehead atoms. The van der Waals surface area contributed by atoms with Gasteiger partial charge in [-0.1, -0.05) is 25.4 Å². The number of carbonyl (C=O) groups is 1. The molecule has 3 rings (SSSR count). The number of benzene rings is 1. The average molecular weight is 294 g/mol. The largest absolute Gasteiger partial charge is 0.367 e. The maximum Gasteiger partial charge on any atom is 0.245 e. The lowest BCUT2D eigenvalue weighted by Crippen LogP contribution is -2.30. The Morgan fingerprint density at radius 1 is 1.45 bits per heavy atom. The minimum Gasteiger partial charge on any atom is -0.367 e. The lowest BCUT2D eigenvalue weighted by molar-refractivity contribution is -0.116. The monoisotopic (exact) mass is 293 g/mol. The molecule has 3 N–H and O–H groups in total. The van der Waals surface area contributed by atoms with Crippen molar-refractivity contribution < 1.29 is 4.79 Å². The van der Waals surface area contributed by atoms with E-state index in [1.807, 2.05) is 12.1 Å². The number of fused-ring (bicyclic) bond motifs is 1. The second-order valence-electron chi connectivity index (χ2n) is 6.14. The van der Waals surface area contributed by atoms with E-state index < -0.39 is 6.04 Å². The molecule has 1 heterocycles. The van der Waals surface area contributed by atoms with Crippen molar-refractivity contribution in [3.8, 4) is 0 Å². The van der Waals surface area contributed by atoms with Crippen LogP contribution >= 0.6 is 11.6 Å². The third kappa shape index (κ3) is 2.38. The fourth-order valence-electron chi connectivity index (χ4n) is 2.74. The van der Waals surface area contributed by atoms with Crippen molar-refractivity contribution in [2.45, 2.75) is 38.8 Å². The van der Waals surface area contributed by atoms with Crippen molar-refractivity contribution in [1.82, 2.24) is 0 Å².